The van der Waals surface area contributed by atoms with E-state index in [-0.39, 0.29) is 17.2 Å². The Balaban J connectivity index is 1.10. The summed E-state index contributed by atoms with van der Waals surface area (Å²) < 4.78 is 0. The number of thiophene rings is 2. The normalized spacial score (nSPS) is 18.5. The van der Waals surface area contributed by atoms with Crippen LogP contribution >= 0.6 is 92.4 Å². The Hall–Kier alpha value is -2.56. The Morgan fingerprint density at radius 1 is 0.495 bits per heavy atom. The molecule has 4 aromatic rings. The fourth-order valence-corrected chi connectivity index (χ4v) is 27.9. The maximum atomic E-state index is 16.6. The SMILES string of the molecule is C=C(CCCCCC)CC(SC)C1CC=C(C2=C3C(=O)N(CC(CCCCCC)CCCCCCCC)C(c4ccc(-c5cc(CCCCCC)c(-c6cnc(C7CC(CCCCCC)=C(C8=C(CCCCCC)CC(c9ncc(C(C)(C)C)s9)S8)S7)s6)s5)s4)=C3C(=O)N2CC(CCCCCC)CCCCCCCC)S1. The molecule has 9 rings (SSSR count). The van der Waals surface area contributed by atoms with Crippen molar-refractivity contribution in [2.75, 3.05) is 19.3 Å². The number of carbonyl (C=O) groups is 2. The molecule has 0 saturated heterocycles. The van der Waals surface area contributed by atoms with E-state index in [1.165, 1.54) is 290 Å². The van der Waals surface area contributed by atoms with Crippen molar-refractivity contribution in [1.82, 2.24) is 19.8 Å². The van der Waals surface area contributed by atoms with E-state index >= 15 is 9.59 Å². The quantitative estimate of drug-likeness (QED) is 0.0320. The number of thiazole rings is 2. The van der Waals surface area contributed by atoms with Crippen molar-refractivity contribution >= 4 is 110 Å². The van der Waals surface area contributed by atoms with Crippen molar-refractivity contribution in [3.63, 3.8) is 0 Å². The highest BCUT2D eigenvalue weighted by Crippen LogP contribution is 2.62. The van der Waals surface area contributed by atoms with E-state index in [1.807, 2.05) is 68.9 Å². The molecule has 14 heteroatoms. The summed E-state index contributed by atoms with van der Waals surface area (Å²) in [5.41, 5.74) is 9.51. The predicted molar refractivity (Wildman–Crippen MR) is 501 cm³/mol. The average Bonchev–Trinajstić information content (AvgIpc) is 1.55. The van der Waals surface area contributed by atoms with Crippen molar-refractivity contribution in [1.29, 1.82) is 0 Å². The van der Waals surface area contributed by atoms with Crippen molar-refractivity contribution in [3.05, 3.63) is 117 Å². The molecule has 0 radical (unpaired) electrons. The molecule has 6 atom stereocenters. The molecule has 5 aliphatic rings. The fraction of sp³-hybridized carbons (Fsp3) is 0.711. The molecule has 0 aromatic carbocycles. The molecule has 0 fully saturated rings. The van der Waals surface area contributed by atoms with Crippen LogP contribution in [0.4, 0.5) is 0 Å². The van der Waals surface area contributed by atoms with Crippen molar-refractivity contribution in [2.24, 2.45) is 11.8 Å². The number of unbranched alkanes of at least 4 members (excludes halogenated alkanes) is 28. The first-order valence-electron chi connectivity index (χ1n) is 45.7. The van der Waals surface area contributed by atoms with E-state index in [0.29, 0.717) is 57.1 Å². The lowest BCUT2D eigenvalue weighted by molar-refractivity contribution is -0.124. The van der Waals surface area contributed by atoms with Crippen LogP contribution in [0.2, 0.25) is 0 Å². The third-order valence-electron chi connectivity index (χ3n) is 24.2. The Bertz CT molecular complexity index is 3640. The lowest BCUT2D eigenvalue weighted by atomic mass is 9.93. The van der Waals surface area contributed by atoms with Crippen LogP contribution in [-0.4, -0.2) is 61.4 Å². The van der Waals surface area contributed by atoms with Gasteiger partial charge in [-0.25, -0.2) is 9.97 Å². The van der Waals surface area contributed by atoms with Crippen LogP contribution < -0.4 is 0 Å². The number of rotatable bonds is 59. The van der Waals surface area contributed by atoms with Gasteiger partial charge in [-0.1, -0.05) is 311 Å². The highest BCUT2D eigenvalue weighted by atomic mass is 32.2. The summed E-state index contributed by atoms with van der Waals surface area (Å²) in [5.74, 6) is 0.869. The standard InChI is InChI=1S/C97H150N4O2S8/c1-14-22-30-38-40-45-53-71(51-43-33-25-17-4)68-100-88(78-60-58-76(105-78)80(104-13)62-70(9)50-42-32-24-16-3)86-87(96(100)103)89(101(95(86)102)69-72(52-44-34-26-18-5)54-46-41-39-31-23-15-2)79-61-59-77(106-79)81-63-73(55-47-35-27-19-6)90(107-81)84-66-98-93(110-84)82-64-74(56-48-36-28-20-7)91(108-82)92-75(57-49-37-29-21-8)65-83(109-92)94-99-67-85(111-94)97(10,11)12/h59-61,63,66-67,71-72,76,80,82-83H,9,14-58,62,64-65,68-69H2,1-8,10-13H3. The zero-order valence-electron chi connectivity index (χ0n) is 71.9. The number of fused-ring (bicyclic) bond motifs is 1. The molecule has 0 bridgehead atoms. The fourth-order valence-electron chi connectivity index (χ4n) is 17.4. The van der Waals surface area contributed by atoms with Gasteiger partial charge in [0.05, 0.1) is 42.8 Å². The molecule has 4 aromatic heterocycles. The Morgan fingerprint density at radius 3 is 1.44 bits per heavy atom. The first-order chi connectivity index (χ1) is 54.1. The number of nitrogens with zero attached hydrogens (tertiary/aromatic N) is 4. The van der Waals surface area contributed by atoms with Gasteiger partial charge < -0.3 is 9.80 Å². The molecule has 6 nitrogen and oxygen atoms in total. The van der Waals surface area contributed by atoms with Gasteiger partial charge in [0.1, 0.15) is 10.0 Å². The van der Waals surface area contributed by atoms with Gasteiger partial charge in [-0.2, -0.15) is 11.8 Å². The van der Waals surface area contributed by atoms with E-state index in [9.17, 15) is 0 Å². The summed E-state index contributed by atoms with van der Waals surface area (Å²) in [6.07, 6.45) is 67.4. The van der Waals surface area contributed by atoms with Crippen molar-refractivity contribution < 1.29 is 9.59 Å². The molecule has 2 amide bonds. The molecule has 0 saturated carbocycles. The summed E-state index contributed by atoms with van der Waals surface area (Å²) in [4.78, 5) is 60.3. The summed E-state index contributed by atoms with van der Waals surface area (Å²) in [5, 5.41) is 4.03. The third kappa shape index (κ3) is 27.2. The van der Waals surface area contributed by atoms with E-state index in [1.54, 1.807) is 21.0 Å². The highest BCUT2D eigenvalue weighted by Gasteiger charge is 2.51. The lowest BCUT2D eigenvalue weighted by Crippen LogP contribution is -2.35. The zero-order chi connectivity index (χ0) is 78.9. The second-order valence-corrected chi connectivity index (χ2v) is 43.8. The number of thioether (sulfide) groups is 4. The minimum absolute atomic E-state index is 0.0702. The minimum atomic E-state index is 0.0702. The highest BCUT2D eigenvalue weighted by molar-refractivity contribution is 8.09. The van der Waals surface area contributed by atoms with Crippen LogP contribution in [0.3, 0.4) is 0 Å². The monoisotopic (exact) mass is 1660 g/mol. The Morgan fingerprint density at radius 2 is 0.937 bits per heavy atom. The number of carbonyl (C=O) groups excluding carboxylic acids is 2. The van der Waals surface area contributed by atoms with E-state index < -0.39 is 0 Å². The molecule has 6 unspecified atom stereocenters. The lowest BCUT2D eigenvalue weighted by Gasteiger charge is -2.30. The van der Waals surface area contributed by atoms with Gasteiger partial charge >= 0.3 is 0 Å². The largest absolute Gasteiger partial charge is 0.306 e. The van der Waals surface area contributed by atoms with E-state index in [4.69, 9.17) is 9.97 Å². The van der Waals surface area contributed by atoms with Crippen LogP contribution in [0.1, 0.15) is 414 Å². The molecule has 9 heterocycles. The molecule has 5 aliphatic heterocycles. The average molecular weight is 1660 g/mol. The van der Waals surface area contributed by atoms with Gasteiger partial charge in [-0.05, 0) is 150 Å². The maximum absolute atomic E-state index is 16.6. The molecule has 0 aliphatic carbocycles. The summed E-state index contributed by atoms with van der Waals surface area (Å²) >= 11 is 16.0. The smallest absolute Gasteiger partial charge is 0.261 e. The second-order valence-electron chi connectivity index (χ2n) is 34.7. The number of hydrogen-bond donors (Lipinski definition) is 0. The van der Waals surface area contributed by atoms with Gasteiger partial charge in [0.2, 0.25) is 0 Å². The molecular formula is C97H150N4O2S8. The van der Waals surface area contributed by atoms with Crippen LogP contribution in [0, 0.1) is 11.8 Å². The molecule has 111 heavy (non-hydrogen) atoms. The van der Waals surface area contributed by atoms with Crippen molar-refractivity contribution in [2.45, 2.75) is 411 Å². The summed E-state index contributed by atoms with van der Waals surface area (Å²) in [7, 11) is 0. The number of amides is 2. The first-order valence-corrected chi connectivity index (χ1v) is 52.9. The number of hydrogen-bond acceptors (Lipinski definition) is 12. The van der Waals surface area contributed by atoms with Crippen LogP contribution in [0.5, 0.6) is 0 Å². The van der Waals surface area contributed by atoms with Crippen LogP contribution in [0.25, 0.3) is 25.2 Å². The number of allylic oxidation sites excluding steroid dienone is 4. The van der Waals surface area contributed by atoms with Gasteiger partial charge in [-0.3, -0.25) is 9.59 Å². The van der Waals surface area contributed by atoms with Gasteiger partial charge in [0, 0.05) is 70.2 Å². The van der Waals surface area contributed by atoms with Crippen molar-refractivity contribution in [3.8, 4) is 19.5 Å². The van der Waals surface area contributed by atoms with Crippen LogP contribution in [0.15, 0.2) is 91.5 Å². The molecule has 0 spiro atoms. The minimum Gasteiger partial charge on any atom is -0.306 e. The predicted octanol–water partition coefficient (Wildman–Crippen LogP) is 33.3. The summed E-state index contributed by atoms with van der Waals surface area (Å²) in [6.45, 7) is 31.6. The van der Waals surface area contributed by atoms with E-state index in [0.717, 1.165) is 85.4 Å². The first kappa shape index (κ1) is 92.3. The maximum Gasteiger partial charge on any atom is 0.261 e. The molecular weight excluding hydrogens is 1510 g/mol. The topological polar surface area (TPSA) is 66.4 Å². The van der Waals surface area contributed by atoms with E-state index in [2.05, 4.69) is 159 Å². The second kappa shape index (κ2) is 49.7. The Kier molecular flexibility index (Phi) is 41.4. The number of aromatic nitrogens is 2. The molecule has 618 valence electrons. The zero-order valence-corrected chi connectivity index (χ0v) is 78.4. The molecule has 0 N–H and O–H groups in total. The Labute approximate surface area is 711 Å². The van der Waals surface area contributed by atoms with Gasteiger partial charge in [0.25, 0.3) is 11.8 Å². The third-order valence-corrected chi connectivity index (χ3v) is 35.5. The summed E-state index contributed by atoms with van der Waals surface area (Å²) in [6, 6.07) is 7.22. The number of aryl methyl sites for hydroxylation is 1. The van der Waals surface area contributed by atoms with Gasteiger partial charge in [-0.15, -0.1) is 80.6 Å². The van der Waals surface area contributed by atoms with Gasteiger partial charge in [0.15, 0.2) is 0 Å². The van der Waals surface area contributed by atoms with Crippen LogP contribution in [-0.2, 0) is 21.4 Å².